The van der Waals surface area contributed by atoms with Gasteiger partial charge in [-0.1, -0.05) is 13.5 Å². The maximum absolute atomic E-state index is 4.36. The summed E-state index contributed by atoms with van der Waals surface area (Å²) < 4.78 is 0. The van der Waals surface area contributed by atoms with Crippen LogP contribution in [0.1, 0.15) is 32.8 Å². The van der Waals surface area contributed by atoms with Crippen molar-refractivity contribution in [1.29, 1.82) is 0 Å². The number of aliphatic imine (C=N–C) groups is 1. The van der Waals surface area contributed by atoms with E-state index in [-0.39, 0.29) is 0 Å². The maximum Gasteiger partial charge on any atom is 0.0563 e. The lowest BCUT2D eigenvalue weighted by molar-refractivity contribution is 1.09. The van der Waals surface area contributed by atoms with E-state index in [9.17, 15) is 0 Å². The molecule has 0 saturated heterocycles. The van der Waals surface area contributed by atoms with Crippen LogP contribution in [0.25, 0.3) is 5.57 Å². The zero-order valence-corrected chi connectivity index (χ0v) is 9.54. The van der Waals surface area contributed by atoms with Gasteiger partial charge in [0.05, 0.1) is 6.20 Å². The van der Waals surface area contributed by atoms with Gasteiger partial charge >= 0.3 is 0 Å². The summed E-state index contributed by atoms with van der Waals surface area (Å²) in [6.45, 7) is 9.86. The Labute approximate surface area is 90.6 Å². The Bertz CT molecular complexity index is 383. The molecule has 1 aromatic heterocycles. The van der Waals surface area contributed by atoms with E-state index in [1.165, 1.54) is 5.57 Å². The zero-order valence-electron chi connectivity index (χ0n) is 9.54. The van der Waals surface area contributed by atoms with E-state index >= 15 is 0 Å². The molecular formula is C12H17N3. The fourth-order valence-electron chi connectivity index (χ4n) is 1.08. The number of aromatic nitrogens is 2. The van der Waals surface area contributed by atoms with Crippen molar-refractivity contribution in [2.45, 2.75) is 27.2 Å². The van der Waals surface area contributed by atoms with E-state index in [2.05, 4.69) is 28.7 Å². The van der Waals surface area contributed by atoms with Crippen molar-refractivity contribution in [2.75, 3.05) is 0 Å². The summed E-state index contributed by atoms with van der Waals surface area (Å²) in [5.74, 6) is 0. The van der Waals surface area contributed by atoms with E-state index in [0.29, 0.717) is 0 Å². The number of hydrogen-bond donors (Lipinski definition) is 1. The van der Waals surface area contributed by atoms with E-state index in [4.69, 9.17) is 0 Å². The van der Waals surface area contributed by atoms with E-state index in [1.807, 2.05) is 26.2 Å². The minimum Gasteiger partial charge on any atom is -0.285 e. The first-order valence-corrected chi connectivity index (χ1v) is 5.03. The molecule has 0 amide bonds. The standard InChI is InChI=1S/C12H17N3/c1-5-11(12-7-14-15-8-12)6-13-10(4)9(2)3/h6-8H,2,5H2,1,3-4H3,(H,14,15)/b11-6+,13-10?. The highest BCUT2D eigenvalue weighted by molar-refractivity contribution is 5.97. The average Bonchev–Trinajstić information content (AvgIpc) is 2.71. The highest BCUT2D eigenvalue weighted by Gasteiger charge is 1.99. The van der Waals surface area contributed by atoms with Gasteiger partial charge in [-0.3, -0.25) is 10.1 Å². The molecule has 1 N–H and O–H groups in total. The van der Waals surface area contributed by atoms with Gasteiger partial charge in [0.15, 0.2) is 0 Å². The monoisotopic (exact) mass is 203 g/mol. The first kappa shape index (κ1) is 11.4. The molecule has 80 valence electrons. The summed E-state index contributed by atoms with van der Waals surface area (Å²) in [5, 5.41) is 6.72. The quantitative estimate of drug-likeness (QED) is 0.750. The molecule has 0 radical (unpaired) electrons. The fraction of sp³-hybridized carbons (Fsp3) is 0.333. The Kier molecular flexibility index (Phi) is 4.03. The predicted molar refractivity (Wildman–Crippen MR) is 64.8 cm³/mol. The summed E-state index contributed by atoms with van der Waals surface area (Å²) in [4.78, 5) is 4.36. The molecule has 1 heterocycles. The summed E-state index contributed by atoms with van der Waals surface area (Å²) in [6.07, 6.45) is 6.50. The molecule has 0 saturated carbocycles. The van der Waals surface area contributed by atoms with E-state index < -0.39 is 0 Å². The molecule has 0 aliphatic heterocycles. The third-order valence-electron chi connectivity index (χ3n) is 2.28. The molecule has 3 nitrogen and oxygen atoms in total. The number of nitrogens with zero attached hydrogens (tertiary/aromatic N) is 2. The normalized spacial score (nSPS) is 13.0. The molecule has 0 aliphatic carbocycles. The molecule has 3 heteroatoms. The Morgan fingerprint density at radius 1 is 1.60 bits per heavy atom. The van der Waals surface area contributed by atoms with Crippen molar-refractivity contribution >= 4 is 11.3 Å². The Balaban J connectivity index is 2.89. The van der Waals surface area contributed by atoms with Gasteiger partial charge in [0.2, 0.25) is 0 Å². The van der Waals surface area contributed by atoms with Gasteiger partial charge in [-0.2, -0.15) is 5.10 Å². The predicted octanol–water partition coefficient (Wildman–Crippen LogP) is 3.20. The van der Waals surface area contributed by atoms with Crippen molar-refractivity contribution in [3.63, 3.8) is 0 Å². The molecule has 0 aliphatic rings. The number of H-pyrrole nitrogens is 1. The Morgan fingerprint density at radius 3 is 2.80 bits per heavy atom. The van der Waals surface area contributed by atoms with Crippen LogP contribution in [0.2, 0.25) is 0 Å². The second-order valence-electron chi connectivity index (χ2n) is 3.49. The number of nitrogens with one attached hydrogen (secondary N) is 1. The summed E-state index contributed by atoms with van der Waals surface area (Å²) in [6, 6.07) is 0. The fourth-order valence-corrected chi connectivity index (χ4v) is 1.08. The largest absolute Gasteiger partial charge is 0.285 e. The molecule has 1 rings (SSSR count). The molecule has 0 atom stereocenters. The van der Waals surface area contributed by atoms with Crippen LogP contribution in [0.3, 0.4) is 0 Å². The van der Waals surface area contributed by atoms with Crippen LogP contribution in [-0.2, 0) is 0 Å². The average molecular weight is 203 g/mol. The van der Waals surface area contributed by atoms with Crippen molar-refractivity contribution in [1.82, 2.24) is 10.2 Å². The summed E-state index contributed by atoms with van der Waals surface area (Å²) >= 11 is 0. The highest BCUT2D eigenvalue weighted by atomic mass is 15.1. The van der Waals surface area contributed by atoms with Crippen LogP contribution in [0.4, 0.5) is 0 Å². The van der Waals surface area contributed by atoms with E-state index in [0.717, 1.165) is 23.3 Å². The lowest BCUT2D eigenvalue weighted by Gasteiger charge is -1.99. The Hall–Kier alpha value is -1.64. The van der Waals surface area contributed by atoms with Crippen molar-refractivity contribution in [2.24, 2.45) is 4.99 Å². The minimum atomic E-state index is 0.937. The first-order chi connectivity index (χ1) is 7.15. The smallest absolute Gasteiger partial charge is 0.0563 e. The van der Waals surface area contributed by atoms with Crippen molar-refractivity contribution in [3.05, 3.63) is 36.3 Å². The lowest BCUT2D eigenvalue weighted by atomic mass is 10.1. The maximum atomic E-state index is 4.36. The zero-order chi connectivity index (χ0) is 11.3. The lowest BCUT2D eigenvalue weighted by Crippen LogP contribution is -1.90. The van der Waals surface area contributed by atoms with Crippen LogP contribution in [0, 0.1) is 0 Å². The van der Waals surface area contributed by atoms with Gasteiger partial charge in [0.25, 0.3) is 0 Å². The van der Waals surface area contributed by atoms with Crippen LogP contribution in [0.15, 0.2) is 35.7 Å². The van der Waals surface area contributed by atoms with Gasteiger partial charge in [-0.05, 0) is 31.4 Å². The minimum absolute atomic E-state index is 0.937. The Morgan fingerprint density at radius 2 is 2.33 bits per heavy atom. The van der Waals surface area contributed by atoms with Gasteiger partial charge in [0, 0.05) is 23.7 Å². The second-order valence-corrected chi connectivity index (χ2v) is 3.49. The van der Waals surface area contributed by atoms with Crippen LogP contribution < -0.4 is 0 Å². The van der Waals surface area contributed by atoms with Gasteiger partial charge < -0.3 is 0 Å². The van der Waals surface area contributed by atoms with E-state index in [1.54, 1.807) is 6.20 Å². The molecular weight excluding hydrogens is 186 g/mol. The van der Waals surface area contributed by atoms with Crippen LogP contribution >= 0.6 is 0 Å². The number of allylic oxidation sites excluding steroid dienone is 2. The van der Waals surface area contributed by atoms with Gasteiger partial charge in [-0.15, -0.1) is 0 Å². The number of rotatable bonds is 4. The van der Waals surface area contributed by atoms with Crippen molar-refractivity contribution in [3.8, 4) is 0 Å². The summed E-state index contributed by atoms with van der Waals surface area (Å²) in [5.41, 5.74) is 4.22. The molecule has 0 aromatic carbocycles. The number of hydrogen-bond acceptors (Lipinski definition) is 2. The summed E-state index contributed by atoms with van der Waals surface area (Å²) in [7, 11) is 0. The molecule has 0 fully saturated rings. The molecule has 0 unspecified atom stereocenters. The van der Waals surface area contributed by atoms with Gasteiger partial charge in [-0.25, -0.2) is 0 Å². The first-order valence-electron chi connectivity index (χ1n) is 5.03. The molecule has 0 bridgehead atoms. The van der Waals surface area contributed by atoms with Crippen molar-refractivity contribution < 1.29 is 0 Å². The molecule has 15 heavy (non-hydrogen) atoms. The van der Waals surface area contributed by atoms with Gasteiger partial charge in [0.1, 0.15) is 0 Å². The number of aromatic amines is 1. The molecule has 0 spiro atoms. The van der Waals surface area contributed by atoms with Crippen LogP contribution in [0.5, 0.6) is 0 Å². The van der Waals surface area contributed by atoms with Crippen LogP contribution in [-0.4, -0.2) is 15.9 Å². The highest BCUT2D eigenvalue weighted by Crippen LogP contribution is 2.16. The molecule has 1 aromatic rings. The topological polar surface area (TPSA) is 41.0 Å². The SMILES string of the molecule is C=C(C)C(C)=N/C=C(\CC)c1cn[nH]c1. The third-order valence-corrected chi connectivity index (χ3v) is 2.28. The second kappa shape index (κ2) is 5.29. The third kappa shape index (κ3) is 3.20.